The quantitative estimate of drug-likeness (QED) is 0.889. The monoisotopic (exact) mass is 364 g/mol. The topological polar surface area (TPSA) is 56.7 Å². The molecule has 16 heavy (non-hydrogen) atoms. The predicted octanol–water partition coefficient (Wildman–Crippen LogP) is 3.09. The van der Waals surface area contributed by atoms with Crippen LogP contribution in [0.25, 0.3) is 0 Å². The molecular formula is C9H7Br2ClN4. The first-order valence-corrected chi connectivity index (χ1v) is 6.32. The number of hydrogen-bond donors (Lipinski definition) is 1. The van der Waals surface area contributed by atoms with Gasteiger partial charge in [-0.25, -0.2) is 4.68 Å². The number of aromatic nitrogens is 3. The summed E-state index contributed by atoms with van der Waals surface area (Å²) >= 11 is 12.7. The Morgan fingerprint density at radius 1 is 1.38 bits per heavy atom. The predicted molar refractivity (Wildman–Crippen MR) is 70.4 cm³/mol. The molecule has 2 aromatic rings. The molecule has 0 aliphatic rings. The van der Waals surface area contributed by atoms with Crippen molar-refractivity contribution in [2.45, 2.75) is 6.54 Å². The van der Waals surface area contributed by atoms with Gasteiger partial charge in [-0.2, -0.15) is 4.98 Å². The maximum absolute atomic E-state index is 6.10. The van der Waals surface area contributed by atoms with E-state index in [2.05, 4.69) is 41.9 Å². The molecule has 0 atom stereocenters. The third-order valence-corrected chi connectivity index (χ3v) is 3.41. The third kappa shape index (κ3) is 2.56. The largest absolute Gasteiger partial charge is 0.366 e. The Labute approximate surface area is 114 Å². The second-order valence-corrected chi connectivity index (χ2v) is 5.16. The van der Waals surface area contributed by atoms with Crippen LogP contribution in [0.1, 0.15) is 5.56 Å². The van der Waals surface area contributed by atoms with Crippen molar-refractivity contribution in [2.75, 3.05) is 5.73 Å². The molecule has 0 fully saturated rings. The maximum atomic E-state index is 6.10. The van der Waals surface area contributed by atoms with Crippen LogP contribution in [-0.2, 0) is 6.54 Å². The second-order valence-electron chi connectivity index (χ2n) is 3.13. The summed E-state index contributed by atoms with van der Waals surface area (Å²) in [6, 6.07) is 5.69. The summed E-state index contributed by atoms with van der Waals surface area (Å²) in [7, 11) is 0. The van der Waals surface area contributed by atoms with Crippen LogP contribution in [0.15, 0.2) is 27.4 Å². The molecule has 1 aromatic heterocycles. The average Bonchev–Trinajstić information content (AvgIpc) is 2.50. The lowest BCUT2D eigenvalue weighted by molar-refractivity contribution is 0.670. The summed E-state index contributed by atoms with van der Waals surface area (Å²) < 4.78 is 3.17. The number of nitrogens with zero attached hydrogens (tertiary/aromatic N) is 3. The molecule has 0 aliphatic carbocycles. The fraction of sp³-hybridized carbons (Fsp3) is 0.111. The summed E-state index contributed by atoms with van der Waals surface area (Å²) in [5, 5.41) is 4.71. The second kappa shape index (κ2) is 4.73. The van der Waals surface area contributed by atoms with Crippen LogP contribution in [0.4, 0.5) is 5.95 Å². The highest BCUT2D eigenvalue weighted by Gasteiger charge is 2.07. The Morgan fingerprint density at radius 2 is 2.12 bits per heavy atom. The van der Waals surface area contributed by atoms with Gasteiger partial charge < -0.3 is 5.73 Å². The number of halogens is 3. The normalized spacial score (nSPS) is 10.7. The van der Waals surface area contributed by atoms with Crippen molar-refractivity contribution < 1.29 is 0 Å². The fourth-order valence-corrected chi connectivity index (χ4v) is 2.37. The van der Waals surface area contributed by atoms with Gasteiger partial charge in [0.1, 0.15) is 0 Å². The Morgan fingerprint density at radius 3 is 2.69 bits per heavy atom. The molecule has 0 amide bonds. The van der Waals surface area contributed by atoms with Crippen molar-refractivity contribution in [3.8, 4) is 0 Å². The highest BCUT2D eigenvalue weighted by atomic mass is 79.9. The van der Waals surface area contributed by atoms with Crippen molar-refractivity contribution in [3.05, 3.63) is 38.0 Å². The highest BCUT2D eigenvalue weighted by Crippen LogP contribution is 2.23. The van der Waals surface area contributed by atoms with Crippen LogP contribution < -0.4 is 5.73 Å². The van der Waals surface area contributed by atoms with Crippen molar-refractivity contribution in [1.29, 1.82) is 0 Å². The van der Waals surface area contributed by atoms with Gasteiger partial charge in [0.2, 0.25) is 5.95 Å². The minimum Gasteiger partial charge on any atom is -0.366 e. The molecule has 4 nitrogen and oxygen atoms in total. The van der Waals surface area contributed by atoms with E-state index in [1.807, 2.05) is 18.2 Å². The average molecular weight is 366 g/mol. The van der Waals surface area contributed by atoms with Gasteiger partial charge in [0.25, 0.3) is 0 Å². The summed E-state index contributed by atoms with van der Waals surface area (Å²) in [6.45, 7) is 0.525. The molecular weight excluding hydrogens is 359 g/mol. The van der Waals surface area contributed by atoms with Gasteiger partial charge in [-0.3, -0.25) is 0 Å². The molecule has 0 radical (unpaired) electrons. The van der Waals surface area contributed by atoms with E-state index in [9.17, 15) is 0 Å². The van der Waals surface area contributed by atoms with E-state index in [4.69, 9.17) is 17.3 Å². The number of nitrogens with two attached hydrogens (primary N) is 1. The van der Waals surface area contributed by atoms with E-state index < -0.39 is 0 Å². The van der Waals surface area contributed by atoms with Crippen LogP contribution in [0.5, 0.6) is 0 Å². The first kappa shape index (κ1) is 11.9. The van der Waals surface area contributed by atoms with E-state index in [0.29, 0.717) is 16.3 Å². The minimum absolute atomic E-state index is 0.236. The smallest absolute Gasteiger partial charge is 0.240 e. The molecule has 0 saturated heterocycles. The summed E-state index contributed by atoms with van der Waals surface area (Å²) in [6.07, 6.45) is 0. The summed E-state index contributed by atoms with van der Waals surface area (Å²) in [5.74, 6) is 0.236. The molecule has 0 bridgehead atoms. The zero-order chi connectivity index (χ0) is 11.7. The molecule has 0 unspecified atom stereocenters. The van der Waals surface area contributed by atoms with Gasteiger partial charge in [0, 0.05) is 9.50 Å². The lowest BCUT2D eigenvalue weighted by atomic mass is 10.2. The van der Waals surface area contributed by atoms with Crippen molar-refractivity contribution in [2.24, 2.45) is 0 Å². The minimum atomic E-state index is 0.236. The molecule has 0 spiro atoms. The van der Waals surface area contributed by atoms with Crippen LogP contribution in [0, 0.1) is 0 Å². The van der Waals surface area contributed by atoms with E-state index in [-0.39, 0.29) is 5.95 Å². The molecule has 1 aromatic carbocycles. The van der Waals surface area contributed by atoms with Gasteiger partial charge in [-0.1, -0.05) is 33.6 Å². The summed E-state index contributed by atoms with van der Waals surface area (Å²) in [4.78, 5) is 3.95. The van der Waals surface area contributed by atoms with Gasteiger partial charge >= 0.3 is 0 Å². The highest BCUT2D eigenvalue weighted by molar-refractivity contribution is 9.10. The van der Waals surface area contributed by atoms with Gasteiger partial charge in [-0.15, -0.1) is 5.10 Å². The summed E-state index contributed by atoms with van der Waals surface area (Å²) in [5.41, 5.74) is 6.44. The zero-order valence-corrected chi connectivity index (χ0v) is 11.9. The van der Waals surface area contributed by atoms with Crippen molar-refractivity contribution in [1.82, 2.24) is 14.8 Å². The van der Waals surface area contributed by atoms with Crippen molar-refractivity contribution >= 4 is 49.4 Å². The SMILES string of the molecule is Nc1nc(Br)n(Cc2ccc(Br)cc2Cl)n1. The first-order chi connectivity index (χ1) is 7.56. The number of benzene rings is 1. The van der Waals surface area contributed by atoms with Gasteiger partial charge in [-0.05, 0) is 33.6 Å². The molecule has 0 saturated carbocycles. The third-order valence-electron chi connectivity index (χ3n) is 1.98. The molecule has 0 aliphatic heterocycles. The standard InChI is InChI=1S/C9H7Br2ClN4/c10-6-2-1-5(7(12)3-6)4-16-8(11)14-9(13)15-16/h1-3H,4H2,(H2,13,15). The van der Waals surface area contributed by atoms with Crippen LogP contribution >= 0.6 is 43.5 Å². The van der Waals surface area contributed by atoms with E-state index in [1.54, 1.807) is 4.68 Å². The Balaban J connectivity index is 2.30. The Kier molecular flexibility index (Phi) is 3.51. The number of anilines is 1. The van der Waals surface area contributed by atoms with Crippen molar-refractivity contribution in [3.63, 3.8) is 0 Å². The van der Waals surface area contributed by atoms with E-state index >= 15 is 0 Å². The first-order valence-electron chi connectivity index (χ1n) is 4.36. The molecule has 84 valence electrons. The zero-order valence-electron chi connectivity index (χ0n) is 7.99. The van der Waals surface area contributed by atoms with E-state index in [0.717, 1.165) is 10.0 Å². The molecule has 2 N–H and O–H groups in total. The number of nitrogen functional groups attached to an aromatic ring is 1. The van der Waals surface area contributed by atoms with Crippen LogP contribution in [0.2, 0.25) is 5.02 Å². The van der Waals surface area contributed by atoms with Crippen LogP contribution in [-0.4, -0.2) is 14.8 Å². The maximum Gasteiger partial charge on any atom is 0.240 e. The fourth-order valence-electron chi connectivity index (χ4n) is 1.25. The lowest BCUT2D eigenvalue weighted by Crippen LogP contribution is -2.03. The molecule has 2 rings (SSSR count). The molecule has 7 heteroatoms. The van der Waals surface area contributed by atoms with Gasteiger partial charge in [0.05, 0.1) is 6.54 Å². The lowest BCUT2D eigenvalue weighted by Gasteiger charge is -2.05. The van der Waals surface area contributed by atoms with Gasteiger partial charge in [0.15, 0.2) is 4.73 Å². The van der Waals surface area contributed by atoms with Crippen LogP contribution in [0.3, 0.4) is 0 Å². The molecule has 1 heterocycles. The number of rotatable bonds is 2. The Hall–Kier alpha value is -0.590. The Bertz CT molecular complexity index is 526. The number of hydrogen-bond acceptors (Lipinski definition) is 3. The van der Waals surface area contributed by atoms with E-state index in [1.165, 1.54) is 0 Å².